The monoisotopic (exact) mass is 211 g/mol. The maximum atomic E-state index is 10.7. The van der Waals surface area contributed by atoms with Crippen molar-refractivity contribution in [1.29, 1.82) is 0 Å². The van der Waals surface area contributed by atoms with E-state index in [0.29, 0.717) is 6.42 Å². The molecule has 0 aliphatic heterocycles. The molecule has 1 aromatic rings. The van der Waals surface area contributed by atoms with Crippen molar-refractivity contribution >= 4 is 5.97 Å². The number of rotatable bonds is 4. The third-order valence-electron chi connectivity index (χ3n) is 2.23. The van der Waals surface area contributed by atoms with Crippen LogP contribution in [-0.2, 0) is 18.3 Å². The van der Waals surface area contributed by atoms with E-state index in [1.165, 1.54) is 0 Å². The SMILES string of the molecule is Cc1nc(CC(C)(C)CC(=O)O)n(C)n1. The summed E-state index contributed by atoms with van der Waals surface area (Å²) >= 11 is 0. The number of hydrogen-bond donors (Lipinski definition) is 1. The van der Waals surface area contributed by atoms with Crippen molar-refractivity contribution in [2.45, 2.75) is 33.6 Å². The maximum absolute atomic E-state index is 10.7. The van der Waals surface area contributed by atoms with Gasteiger partial charge in [0.2, 0.25) is 0 Å². The van der Waals surface area contributed by atoms with Crippen LogP contribution in [0.5, 0.6) is 0 Å². The van der Waals surface area contributed by atoms with Crippen LogP contribution in [0.3, 0.4) is 0 Å². The van der Waals surface area contributed by atoms with Gasteiger partial charge in [-0.05, 0) is 12.3 Å². The molecular weight excluding hydrogens is 194 g/mol. The molecule has 1 rings (SSSR count). The van der Waals surface area contributed by atoms with Crippen LogP contribution in [0.1, 0.15) is 31.9 Å². The fourth-order valence-electron chi connectivity index (χ4n) is 1.61. The summed E-state index contributed by atoms with van der Waals surface area (Å²) < 4.78 is 1.71. The van der Waals surface area contributed by atoms with Crippen LogP contribution in [0.4, 0.5) is 0 Å². The second kappa shape index (κ2) is 4.00. The van der Waals surface area contributed by atoms with E-state index < -0.39 is 5.97 Å². The number of nitrogens with zero attached hydrogens (tertiary/aromatic N) is 3. The molecule has 0 amide bonds. The summed E-state index contributed by atoms with van der Waals surface area (Å²) in [4.78, 5) is 14.9. The molecule has 0 saturated carbocycles. The second-order valence-electron chi connectivity index (χ2n) is 4.61. The molecular formula is C10H17N3O2. The molecule has 0 atom stereocenters. The lowest BCUT2D eigenvalue weighted by Crippen LogP contribution is -2.21. The molecule has 1 N–H and O–H groups in total. The highest BCUT2D eigenvalue weighted by molar-refractivity contribution is 5.67. The van der Waals surface area contributed by atoms with E-state index in [1.54, 1.807) is 4.68 Å². The van der Waals surface area contributed by atoms with Crippen LogP contribution >= 0.6 is 0 Å². The minimum absolute atomic E-state index is 0.138. The van der Waals surface area contributed by atoms with Crippen molar-refractivity contribution in [3.63, 3.8) is 0 Å². The third-order valence-corrected chi connectivity index (χ3v) is 2.23. The molecule has 5 heteroatoms. The Morgan fingerprint density at radius 2 is 2.13 bits per heavy atom. The molecule has 0 spiro atoms. The van der Waals surface area contributed by atoms with Gasteiger partial charge in [-0.25, -0.2) is 4.98 Å². The van der Waals surface area contributed by atoms with E-state index in [-0.39, 0.29) is 11.8 Å². The summed E-state index contributed by atoms with van der Waals surface area (Å²) in [5.41, 5.74) is -0.293. The first-order valence-electron chi connectivity index (χ1n) is 4.88. The van der Waals surface area contributed by atoms with Crippen molar-refractivity contribution in [2.24, 2.45) is 12.5 Å². The summed E-state index contributed by atoms with van der Waals surface area (Å²) in [6.45, 7) is 5.67. The minimum atomic E-state index is -0.779. The van der Waals surface area contributed by atoms with Gasteiger partial charge in [-0.1, -0.05) is 13.8 Å². The average Bonchev–Trinajstić information content (AvgIpc) is 2.25. The maximum Gasteiger partial charge on any atom is 0.303 e. The van der Waals surface area contributed by atoms with Crippen molar-refractivity contribution in [3.05, 3.63) is 11.6 Å². The normalized spacial score (nSPS) is 11.7. The fraction of sp³-hybridized carbons (Fsp3) is 0.700. The van der Waals surface area contributed by atoms with Gasteiger partial charge >= 0.3 is 5.97 Å². The topological polar surface area (TPSA) is 68.0 Å². The number of carbonyl (C=O) groups is 1. The number of carboxylic acid groups (broad SMARTS) is 1. The Morgan fingerprint density at radius 1 is 1.53 bits per heavy atom. The van der Waals surface area contributed by atoms with Crippen LogP contribution in [0.25, 0.3) is 0 Å². The number of aromatic nitrogens is 3. The molecule has 5 nitrogen and oxygen atoms in total. The number of aryl methyl sites for hydroxylation is 2. The molecule has 0 aliphatic carbocycles. The zero-order chi connectivity index (χ0) is 11.6. The van der Waals surface area contributed by atoms with Gasteiger partial charge in [-0.3, -0.25) is 9.48 Å². The van der Waals surface area contributed by atoms with Gasteiger partial charge in [0.1, 0.15) is 11.6 Å². The van der Waals surface area contributed by atoms with E-state index in [4.69, 9.17) is 5.11 Å². The highest BCUT2D eigenvalue weighted by Gasteiger charge is 2.24. The summed E-state index contributed by atoms with van der Waals surface area (Å²) in [5.74, 6) is 0.774. The Bertz CT molecular complexity index is 369. The standard InChI is InChI=1S/C10H17N3O2/c1-7-11-8(13(4)12-7)5-10(2,3)6-9(14)15/h5-6H2,1-4H3,(H,14,15). The second-order valence-corrected chi connectivity index (χ2v) is 4.61. The highest BCUT2D eigenvalue weighted by atomic mass is 16.4. The first-order valence-corrected chi connectivity index (χ1v) is 4.88. The lowest BCUT2D eigenvalue weighted by Gasteiger charge is -2.21. The largest absolute Gasteiger partial charge is 0.481 e. The van der Waals surface area contributed by atoms with Crippen LogP contribution in [0, 0.1) is 12.3 Å². The summed E-state index contributed by atoms with van der Waals surface area (Å²) in [7, 11) is 1.83. The lowest BCUT2D eigenvalue weighted by atomic mass is 9.85. The Morgan fingerprint density at radius 3 is 2.53 bits per heavy atom. The molecule has 0 unspecified atom stereocenters. The zero-order valence-corrected chi connectivity index (χ0v) is 9.61. The average molecular weight is 211 g/mol. The molecule has 0 aliphatic rings. The molecule has 15 heavy (non-hydrogen) atoms. The van der Waals surface area contributed by atoms with Crippen molar-refractivity contribution in [2.75, 3.05) is 0 Å². The van der Waals surface area contributed by atoms with Gasteiger partial charge in [0, 0.05) is 13.5 Å². The summed E-state index contributed by atoms with van der Waals surface area (Å²) in [6.07, 6.45) is 0.759. The van der Waals surface area contributed by atoms with Crippen LogP contribution < -0.4 is 0 Å². The molecule has 0 radical (unpaired) electrons. The minimum Gasteiger partial charge on any atom is -0.481 e. The molecule has 0 aromatic carbocycles. The number of aliphatic carboxylic acids is 1. The molecule has 0 bridgehead atoms. The zero-order valence-electron chi connectivity index (χ0n) is 9.61. The molecule has 1 heterocycles. The fourth-order valence-corrected chi connectivity index (χ4v) is 1.61. The van der Waals surface area contributed by atoms with Crippen molar-refractivity contribution in [3.8, 4) is 0 Å². The molecule has 84 valence electrons. The first-order chi connectivity index (χ1) is 6.80. The van der Waals surface area contributed by atoms with Gasteiger partial charge in [0.15, 0.2) is 0 Å². The first kappa shape index (κ1) is 11.7. The highest BCUT2D eigenvalue weighted by Crippen LogP contribution is 2.24. The van der Waals surface area contributed by atoms with Crippen LogP contribution in [-0.4, -0.2) is 25.8 Å². The third kappa shape index (κ3) is 3.34. The van der Waals surface area contributed by atoms with Crippen molar-refractivity contribution < 1.29 is 9.90 Å². The van der Waals surface area contributed by atoms with Gasteiger partial charge in [0.05, 0.1) is 6.42 Å². The van der Waals surface area contributed by atoms with E-state index in [9.17, 15) is 4.79 Å². The Kier molecular flexibility index (Phi) is 3.12. The summed E-state index contributed by atoms with van der Waals surface area (Å²) in [6, 6.07) is 0. The smallest absolute Gasteiger partial charge is 0.303 e. The van der Waals surface area contributed by atoms with Gasteiger partial charge in [0.25, 0.3) is 0 Å². The number of hydrogen-bond acceptors (Lipinski definition) is 3. The van der Waals surface area contributed by atoms with E-state index in [2.05, 4.69) is 10.1 Å². The van der Waals surface area contributed by atoms with Gasteiger partial charge in [-0.15, -0.1) is 0 Å². The van der Waals surface area contributed by atoms with Gasteiger partial charge < -0.3 is 5.11 Å². The molecule has 0 saturated heterocycles. The van der Waals surface area contributed by atoms with E-state index >= 15 is 0 Å². The molecule has 1 aromatic heterocycles. The van der Waals surface area contributed by atoms with E-state index in [0.717, 1.165) is 11.6 Å². The Balaban J connectivity index is 2.76. The van der Waals surface area contributed by atoms with Crippen LogP contribution in [0.2, 0.25) is 0 Å². The predicted octanol–water partition coefficient (Wildman–Crippen LogP) is 1.17. The lowest BCUT2D eigenvalue weighted by molar-refractivity contribution is -0.139. The van der Waals surface area contributed by atoms with Crippen LogP contribution in [0.15, 0.2) is 0 Å². The number of carboxylic acids is 1. The Labute approximate surface area is 89.1 Å². The molecule has 0 fully saturated rings. The predicted molar refractivity (Wildman–Crippen MR) is 55.5 cm³/mol. The van der Waals surface area contributed by atoms with E-state index in [1.807, 2.05) is 27.8 Å². The van der Waals surface area contributed by atoms with Crippen molar-refractivity contribution in [1.82, 2.24) is 14.8 Å². The van der Waals surface area contributed by atoms with Gasteiger partial charge in [-0.2, -0.15) is 5.10 Å². The summed E-state index contributed by atoms with van der Waals surface area (Å²) in [5, 5.41) is 12.9. The quantitative estimate of drug-likeness (QED) is 0.811. The Hall–Kier alpha value is -1.39.